The molecule has 14 heavy (non-hydrogen) atoms. The molecule has 0 atom stereocenters. The van der Waals surface area contributed by atoms with Crippen LogP contribution in [0.3, 0.4) is 0 Å². The molecule has 0 fully saturated rings. The molecule has 4 heteroatoms. The fourth-order valence-corrected chi connectivity index (χ4v) is 2.09. The number of carbonyl (C=O) groups is 1. The number of hydrogen-bond acceptors (Lipinski definition) is 2. The average molecular weight is 301 g/mol. The second-order valence-corrected chi connectivity index (χ2v) is 3.85. The van der Waals surface area contributed by atoms with Crippen LogP contribution in [0.15, 0.2) is 12.1 Å². The summed E-state index contributed by atoms with van der Waals surface area (Å²) in [6, 6.07) is 5.09. The fourth-order valence-electron chi connectivity index (χ4n) is 1.16. The van der Waals surface area contributed by atoms with Gasteiger partial charge in [-0.1, -0.05) is 6.92 Å². The molecule has 0 bridgehead atoms. The highest BCUT2D eigenvalue weighted by molar-refractivity contribution is 14.1. The summed E-state index contributed by atoms with van der Waals surface area (Å²) >= 11 is 2.00. The van der Waals surface area contributed by atoms with Gasteiger partial charge in [-0.05, 0) is 46.7 Å². The van der Waals surface area contributed by atoms with Crippen LogP contribution in [0.25, 0.3) is 0 Å². The van der Waals surface area contributed by atoms with E-state index < -0.39 is 5.97 Å². The summed E-state index contributed by atoms with van der Waals surface area (Å²) < 4.78 is 0.719. The summed E-state index contributed by atoms with van der Waals surface area (Å²) in [5.41, 5.74) is 1.52. The SMILES string of the molecule is CCc1cc(C#N)cc(C(=O)O)c1I. The number of aryl methyl sites for hydroxylation is 1. The van der Waals surface area contributed by atoms with E-state index in [4.69, 9.17) is 10.4 Å². The normalized spacial score (nSPS) is 9.50. The van der Waals surface area contributed by atoms with Gasteiger partial charge in [0.2, 0.25) is 0 Å². The maximum Gasteiger partial charge on any atom is 0.336 e. The zero-order chi connectivity index (χ0) is 10.7. The van der Waals surface area contributed by atoms with Crippen molar-refractivity contribution in [3.05, 3.63) is 32.4 Å². The van der Waals surface area contributed by atoms with Gasteiger partial charge >= 0.3 is 5.97 Å². The third-order valence-corrected chi connectivity index (χ3v) is 3.16. The highest BCUT2D eigenvalue weighted by Crippen LogP contribution is 2.20. The minimum Gasteiger partial charge on any atom is -0.478 e. The Kier molecular flexibility index (Phi) is 3.47. The van der Waals surface area contributed by atoms with Crippen molar-refractivity contribution in [3.8, 4) is 6.07 Å². The molecule has 72 valence electrons. The predicted octanol–water partition coefficient (Wildman–Crippen LogP) is 2.42. The van der Waals surface area contributed by atoms with E-state index in [-0.39, 0.29) is 5.56 Å². The average Bonchev–Trinajstić information content (AvgIpc) is 2.17. The van der Waals surface area contributed by atoms with Crippen molar-refractivity contribution in [2.45, 2.75) is 13.3 Å². The molecular formula is C10H8INO2. The van der Waals surface area contributed by atoms with Crippen LogP contribution in [0.2, 0.25) is 0 Å². The molecule has 0 amide bonds. The number of benzene rings is 1. The van der Waals surface area contributed by atoms with Crippen LogP contribution in [0.5, 0.6) is 0 Å². The fraction of sp³-hybridized carbons (Fsp3) is 0.200. The number of hydrogen-bond donors (Lipinski definition) is 1. The van der Waals surface area contributed by atoms with E-state index in [9.17, 15) is 4.79 Å². The van der Waals surface area contributed by atoms with Crippen LogP contribution in [0, 0.1) is 14.9 Å². The van der Waals surface area contributed by atoms with E-state index in [1.165, 1.54) is 6.07 Å². The minimum absolute atomic E-state index is 0.210. The topological polar surface area (TPSA) is 61.1 Å². The van der Waals surface area contributed by atoms with Crippen molar-refractivity contribution >= 4 is 28.6 Å². The first-order chi connectivity index (χ1) is 6.60. The molecule has 0 heterocycles. The first-order valence-electron chi connectivity index (χ1n) is 4.06. The predicted molar refractivity (Wildman–Crippen MR) is 60.2 cm³/mol. The third kappa shape index (κ3) is 2.04. The van der Waals surface area contributed by atoms with Gasteiger partial charge in [0.1, 0.15) is 0 Å². The van der Waals surface area contributed by atoms with Crippen molar-refractivity contribution in [3.63, 3.8) is 0 Å². The number of halogens is 1. The van der Waals surface area contributed by atoms with Gasteiger partial charge in [0.25, 0.3) is 0 Å². The summed E-state index contributed by atoms with van der Waals surface area (Å²) in [5, 5.41) is 17.6. The number of carboxylic acid groups (broad SMARTS) is 1. The van der Waals surface area contributed by atoms with Gasteiger partial charge in [0.15, 0.2) is 0 Å². The maximum absolute atomic E-state index is 10.8. The van der Waals surface area contributed by atoms with E-state index in [1.54, 1.807) is 6.07 Å². The Morgan fingerprint density at radius 2 is 2.29 bits per heavy atom. The van der Waals surface area contributed by atoms with Crippen LogP contribution < -0.4 is 0 Å². The van der Waals surface area contributed by atoms with Crippen molar-refractivity contribution in [2.24, 2.45) is 0 Å². The lowest BCUT2D eigenvalue weighted by atomic mass is 10.0. The second kappa shape index (κ2) is 4.42. The van der Waals surface area contributed by atoms with E-state index >= 15 is 0 Å². The lowest BCUT2D eigenvalue weighted by Gasteiger charge is -2.05. The maximum atomic E-state index is 10.8. The van der Waals surface area contributed by atoms with Gasteiger partial charge in [-0.15, -0.1) is 0 Å². The Balaban J connectivity index is 3.44. The Morgan fingerprint density at radius 3 is 2.71 bits per heavy atom. The lowest BCUT2D eigenvalue weighted by molar-refractivity contribution is 0.0695. The molecule has 0 spiro atoms. The Bertz CT molecular complexity index is 421. The zero-order valence-corrected chi connectivity index (χ0v) is 9.70. The summed E-state index contributed by atoms with van der Waals surface area (Å²) in [6.45, 7) is 1.93. The molecule has 0 saturated carbocycles. The van der Waals surface area contributed by atoms with Gasteiger partial charge in [-0.2, -0.15) is 5.26 Å². The third-order valence-electron chi connectivity index (χ3n) is 1.89. The molecule has 0 aliphatic carbocycles. The number of nitrogens with zero attached hydrogens (tertiary/aromatic N) is 1. The van der Waals surface area contributed by atoms with Crippen molar-refractivity contribution in [1.82, 2.24) is 0 Å². The quantitative estimate of drug-likeness (QED) is 0.853. The van der Waals surface area contributed by atoms with E-state index in [0.29, 0.717) is 5.56 Å². The zero-order valence-electron chi connectivity index (χ0n) is 7.54. The standard InChI is InChI=1S/C10H8INO2/c1-2-7-3-6(5-12)4-8(9(7)11)10(13)14/h3-4H,2H2,1H3,(H,13,14). The molecule has 1 rings (SSSR count). The molecule has 0 aliphatic rings. The molecule has 0 saturated heterocycles. The van der Waals surface area contributed by atoms with Crippen molar-refractivity contribution < 1.29 is 9.90 Å². The smallest absolute Gasteiger partial charge is 0.336 e. The molecule has 1 aromatic rings. The number of nitriles is 1. The van der Waals surface area contributed by atoms with Gasteiger partial charge < -0.3 is 5.11 Å². The first kappa shape index (κ1) is 11.0. The highest BCUT2D eigenvalue weighted by Gasteiger charge is 2.12. The van der Waals surface area contributed by atoms with E-state index in [0.717, 1.165) is 15.6 Å². The number of rotatable bonds is 2. The summed E-state index contributed by atoms with van der Waals surface area (Å²) in [4.78, 5) is 10.8. The summed E-state index contributed by atoms with van der Waals surface area (Å²) in [6.07, 6.45) is 0.730. The first-order valence-corrected chi connectivity index (χ1v) is 5.13. The monoisotopic (exact) mass is 301 g/mol. The molecule has 0 aromatic heterocycles. The van der Waals surface area contributed by atoms with Crippen LogP contribution in [0.4, 0.5) is 0 Å². The summed E-state index contributed by atoms with van der Waals surface area (Å²) in [5.74, 6) is -0.985. The Hall–Kier alpha value is -1.09. The van der Waals surface area contributed by atoms with E-state index in [2.05, 4.69) is 0 Å². The second-order valence-electron chi connectivity index (χ2n) is 2.77. The van der Waals surface area contributed by atoms with Gasteiger partial charge in [0.05, 0.1) is 17.2 Å². The van der Waals surface area contributed by atoms with Gasteiger partial charge in [0, 0.05) is 3.57 Å². The van der Waals surface area contributed by atoms with Gasteiger partial charge in [-0.3, -0.25) is 0 Å². The number of aromatic carboxylic acids is 1. The molecular weight excluding hydrogens is 293 g/mol. The van der Waals surface area contributed by atoms with Crippen LogP contribution in [0.1, 0.15) is 28.4 Å². The van der Waals surface area contributed by atoms with E-state index in [1.807, 2.05) is 35.6 Å². The number of carboxylic acids is 1. The minimum atomic E-state index is -0.985. The largest absolute Gasteiger partial charge is 0.478 e. The van der Waals surface area contributed by atoms with Crippen molar-refractivity contribution in [2.75, 3.05) is 0 Å². The van der Waals surface area contributed by atoms with Crippen molar-refractivity contribution in [1.29, 1.82) is 5.26 Å². The molecule has 0 aliphatic heterocycles. The Labute approximate surface area is 95.5 Å². The van der Waals surface area contributed by atoms with Crippen LogP contribution in [-0.2, 0) is 6.42 Å². The molecule has 0 radical (unpaired) electrons. The van der Waals surface area contributed by atoms with Crippen LogP contribution in [-0.4, -0.2) is 11.1 Å². The Morgan fingerprint density at radius 1 is 1.64 bits per heavy atom. The summed E-state index contributed by atoms with van der Waals surface area (Å²) in [7, 11) is 0. The molecule has 3 nitrogen and oxygen atoms in total. The lowest BCUT2D eigenvalue weighted by Crippen LogP contribution is -2.03. The molecule has 1 N–H and O–H groups in total. The van der Waals surface area contributed by atoms with Gasteiger partial charge in [-0.25, -0.2) is 4.79 Å². The van der Waals surface area contributed by atoms with Crippen LogP contribution >= 0.6 is 22.6 Å². The molecule has 0 unspecified atom stereocenters. The molecule has 1 aromatic carbocycles. The highest BCUT2D eigenvalue weighted by atomic mass is 127.